The fraction of sp³-hybridized carbons (Fsp3) is 0.636. The van der Waals surface area contributed by atoms with Crippen LogP contribution in [0.3, 0.4) is 0 Å². The van der Waals surface area contributed by atoms with Gasteiger partial charge in [-0.3, -0.25) is 0 Å². The lowest BCUT2D eigenvalue weighted by molar-refractivity contribution is 0.412. The highest BCUT2D eigenvalue weighted by Crippen LogP contribution is 2.31. The SMILES string of the molecule is Cc1cc(S(=O)(=O)NC2CCCCC2)sc1Br. The molecular weight excluding hydrogens is 322 g/mol. The Labute approximate surface area is 115 Å². The van der Waals surface area contributed by atoms with Crippen LogP contribution in [0.25, 0.3) is 0 Å². The Balaban J connectivity index is 2.12. The number of halogens is 1. The van der Waals surface area contributed by atoms with Crippen LogP contribution in [0.4, 0.5) is 0 Å². The standard InChI is InChI=1S/C11H16BrNO2S2/c1-8-7-10(16-11(8)12)17(14,15)13-9-5-3-2-4-6-9/h7,9,13H,2-6H2,1H3. The van der Waals surface area contributed by atoms with Gasteiger partial charge in [0.2, 0.25) is 10.0 Å². The number of hydrogen-bond donors (Lipinski definition) is 1. The van der Waals surface area contributed by atoms with Crippen LogP contribution in [-0.2, 0) is 10.0 Å². The second kappa shape index (κ2) is 5.38. The van der Waals surface area contributed by atoms with Crippen molar-refractivity contribution in [2.45, 2.75) is 49.3 Å². The van der Waals surface area contributed by atoms with Crippen LogP contribution < -0.4 is 4.72 Å². The van der Waals surface area contributed by atoms with Crippen LogP contribution in [-0.4, -0.2) is 14.5 Å². The molecule has 1 N–H and O–H groups in total. The van der Waals surface area contributed by atoms with Crippen molar-refractivity contribution < 1.29 is 8.42 Å². The Morgan fingerprint density at radius 3 is 2.53 bits per heavy atom. The third kappa shape index (κ3) is 3.30. The summed E-state index contributed by atoms with van der Waals surface area (Å²) in [4.78, 5) is 0. The van der Waals surface area contributed by atoms with E-state index in [9.17, 15) is 8.42 Å². The number of aryl methyl sites for hydroxylation is 1. The van der Waals surface area contributed by atoms with Gasteiger partial charge in [-0.2, -0.15) is 0 Å². The zero-order valence-electron chi connectivity index (χ0n) is 9.70. The maximum atomic E-state index is 12.1. The molecule has 0 aliphatic heterocycles. The van der Waals surface area contributed by atoms with Gasteiger partial charge in [-0.15, -0.1) is 11.3 Å². The highest BCUT2D eigenvalue weighted by molar-refractivity contribution is 9.11. The lowest BCUT2D eigenvalue weighted by atomic mass is 9.96. The van der Waals surface area contributed by atoms with E-state index in [0.717, 1.165) is 35.0 Å². The van der Waals surface area contributed by atoms with Crippen molar-refractivity contribution in [3.63, 3.8) is 0 Å². The zero-order valence-corrected chi connectivity index (χ0v) is 12.9. The van der Waals surface area contributed by atoms with E-state index in [1.165, 1.54) is 17.8 Å². The number of sulfonamides is 1. The second-order valence-corrected chi connectivity index (χ2v) is 8.79. The van der Waals surface area contributed by atoms with Gasteiger partial charge in [0.25, 0.3) is 0 Å². The monoisotopic (exact) mass is 337 g/mol. The summed E-state index contributed by atoms with van der Waals surface area (Å²) in [6.07, 6.45) is 5.40. The molecule has 96 valence electrons. The number of rotatable bonds is 3. The molecule has 0 aromatic carbocycles. The maximum Gasteiger partial charge on any atom is 0.250 e. The molecule has 0 atom stereocenters. The Kier molecular flexibility index (Phi) is 4.28. The predicted molar refractivity (Wildman–Crippen MR) is 74.0 cm³/mol. The topological polar surface area (TPSA) is 46.2 Å². The molecule has 1 aromatic heterocycles. The third-order valence-electron chi connectivity index (χ3n) is 3.03. The first-order valence-electron chi connectivity index (χ1n) is 5.77. The van der Waals surface area contributed by atoms with Crippen molar-refractivity contribution in [1.29, 1.82) is 0 Å². The van der Waals surface area contributed by atoms with Gasteiger partial charge in [0.1, 0.15) is 4.21 Å². The quantitative estimate of drug-likeness (QED) is 0.918. The summed E-state index contributed by atoms with van der Waals surface area (Å²) in [5.41, 5.74) is 0.971. The van der Waals surface area contributed by atoms with E-state index in [-0.39, 0.29) is 6.04 Å². The summed E-state index contributed by atoms with van der Waals surface area (Å²) >= 11 is 4.64. The second-order valence-electron chi connectivity index (χ2n) is 4.48. The van der Waals surface area contributed by atoms with E-state index in [1.54, 1.807) is 6.07 Å². The van der Waals surface area contributed by atoms with Crippen LogP contribution in [0.15, 0.2) is 14.1 Å². The van der Waals surface area contributed by atoms with Gasteiger partial charge < -0.3 is 0 Å². The number of hydrogen-bond acceptors (Lipinski definition) is 3. The Bertz CT molecular complexity index is 470. The molecule has 0 radical (unpaired) electrons. The van der Waals surface area contributed by atoms with E-state index in [4.69, 9.17) is 0 Å². The smallest absolute Gasteiger partial charge is 0.207 e. The molecule has 0 amide bonds. The van der Waals surface area contributed by atoms with Gasteiger partial charge in [0.15, 0.2) is 0 Å². The van der Waals surface area contributed by atoms with Crippen LogP contribution in [0.1, 0.15) is 37.7 Å². The average molecular weight is 338 g/mol. The molecule has 1 heterocycles. The summed E-state index contributed by atoms with van der Waals surface area (Å²) in [6.45, 7) is 1.90. The molecule has 0 bridgehead atoms. The van der Waals surface area contributed by atoms with Crippen LogP contribution in [0.2, 0.25) is 0 Å². The van der Waals surface area contributed by atoms with Crippen molar-refractivity contribution in [2.75, 3.05) is 0 Å². The zero-order chi connectivity index (χ0) is 12.5. The normalized spacial score (nSPS) is 18.5. The fourth-order valence-electron chi connectivity index (χ4n) is 2.06. The van der Waals surface area contributed by atoms with Crippen molar-refractivity contribution in [1.82, 2.24) is 4.72 Å². The molecule has 0 saturated heterocycles. The summed E-state index contributed by atoms with van der Waals surface area (Å²) in [6, 6.07) is 1.84. The predicted octanol–water partition coefficient (Wildman–Crippen LogP) is 3.43. The Morgan fingerprint density at radius 2 is 2.00 bits per heavy atom. The molecule has 2 rings (SSSR count). The molecule has 3 nitrogen and oxygen atoms in total. The van der Waals surface area contributed by atoms with E-state index < -0.39 is 10.0 Å². The van der Waals surface area contributed by atoms with E-state index in [2.05, 4.69) is 20.7 Å². The highest BCUT2D eigenvalue weighted by Gasteiger charge is 2.23. The molecule has 0 spiro atoms. The molecular formula is C11H16BrNO2S2. The minimum absolute atomic E-state index is 0.120. The molecule has 1 fully saturated rings. The summed E-state index contributed by atoms with van der Waals surface area (Å²) in [5, 5.41) is 0. The van der Waals surface area contributed by atoms with Gasteiger partial charge in [-0.1, -0.05) is 19.3 Å². The largest absolute Gasteiger partial charge is 0.250 e. The summed E-state index contributed by atoms with van der Waals surface area (Å²) in [7, 11) is -3.32. The van der Waals surface area contributed by atoms with Crippen LogP contribution in [0.5, 0.6) is 0 Å². The number of thiophene rings is 1. The van der Waals surface area contributed by atoms with Gasteiger partial charge in [0, 0.05) is 6.04 Å². The Hall–Kier alpha value is 0.0900. The fourth-order valence-corrected chi connectivity index (χ4v) is 5.61. The molecule has 1 aliphatic carbocycles. The van der Waals surface area contributed by atoms with Crippen molar-refractivity contribution in [2.24, 2.45) is 0 Å². The van der Waals surface area contributed by atoms with Crippen LogP contribution in [0, 0.1) is 6.92 Å². The first-order valence-corrected chi connectivity index (χ1v) is 8.86. The van der Waals surface area contributed by atoms with Crippen molar-refractivity contribution in [3.05, 3.63) is 15.4 Å². The van der Waals surface area contributed by atoms with Gasteiger partial charge >= 0.3 is 0 Å². The lowest BCUT2D eigenvalue weighted by Crippen LogP contribution is -2.35. The first-order chi connectivity index (χ1) is 7.99. The minimum atomic E-state index is -3.32. The van der Waals surface area contributed by atoms with E-state index in [0.29, 0.717) is 4.21 Å². The average Bonchev–Trinajstić information content (AvgIpc) is 2.61. The Morgan fingerprint density at radius 1 is 1.35 bits per heavy atom. The molecule has 6 heteroatoms. The first kappa shape index (κ1) is 13.5. The van der Waals surface area contributed by atoms with Gasteiger partial charge in [0.05, 0.1) is 3.79 Å². The maximum absolute atomic E-state index is 12.1. The molecule has 1 saturated carbocycles. The van der Waals surface area contributed by atoms with Gasteiger partial charge in [-0.25, -0.2) is 13.1 Å². The van der Waals surface area contributed by atoms with E-state index >= 15 is 0 Å². The number of nitrogens with one attached hydrogen (secondary N) is 1. The molecule has 0 unspecified atom stereocenters. The minimum Gasteiger partial charge on any atom is -0.207 e. The molecule has 1 aromatic rings. The third-order valence-corrected chi connectivity index (χ3v) is 7.16. The van der Waals surface area contributed by atoms with Crippen molar-refractivity contribution in [3.8, 4) is 0 Å². The summed E-state index contributed by atoms with van der Waals surface area (Å²) < 4.78 is 28.4. The summed E-state index contributed by atoms with van der Waals surface area (Å²) in [5.74, 6) is 0. The molecule has 1 aliphatic rings. The highest BCUT2D eigenvalue weighted by atomic mass is 79.9. The van der Waals surface area contributed by atoms with Crippen LogP contribution >= 0.6 is 27.3 Å². The van der Waals surface area contributed by atoms with Crippen molar-refractivity contribution >= 4 is 37.3 Å². The van der Waals surface area contributed by atoms with Gasteiger partial charge in [-0.05, 0) is 47.3 Å². The van der Waals surface area contributed by atoms with E-state index in [1.807, 2.05) is 6.92 Å². The lowest BCUT2D eigenvalue weighted by Gasteiger charge is -2.22. The molecule has 17 heavy (non-hydrogen) atoms.